The summed E-state index contributed by atoms with van der Waals surface area (Å²) < 4.78 is 5.16. The van der Waals surface area contributed by atoms with Gasteiger partial charge in [0.2, 0.25) is 0 Å². The molecule has 0 aromatic heterocycles. The highest BCUT2D eigenvalue weighted by Crippen LogP contribution is 2.12. The number of ketones is 1. The smallest absolute Gasteiger partial charge is 0.409 e. The number of hydrazone groups is 1. The molecule has 5 heteroatoms. The van der Waals surface area contributed by atoms with E-state index >= 15 is 0 Å². The number of benzene rings is 3. The average molecular weight is 372 g/mol. The summed E-state index contributed by atoms with van der Waals surface area (Å²) in [6.45, 7) is 1.97. The number of hydrogen-bond donors (Lipinski definition) is 1. The summed E-state index contributed by atoms with van der Waals surface area (Å²) in [7, 11) is 0. The predicted octanol–water partition coefficient (Wildman–Crippen LogP) is 4.76. The molecule has 0 aliphatic carbocycles. The Morgan fingerprint density at radius 3 is 2.07 bits per heavy atom. The van der Waals surface area contributed by atoms with E-state index in [1.165, 1.54) is 0 Å². The van der Waals surface area contributed by atoms with Crippen molar-refractivity contribution in [1.29, 1.82) is 0 Å². The average Bonchev–Trinajstić information content (AvgIpc) is 2.73. The Morgan fingerprint density at radius 1 is 0.821 bits per heavy atom. The second-order valence-corrected chi connectivity index (χ2v) is 6.20. The Bertz CT molecular complexity index is 966. The largest absolute Gasteiger partial charge is 0.433 e. The van der Waals surface area contributed by atoms with Gasteiger partial charge in [0.25, 0.3) is 0 Å². The minimum absolute atomic E-state index is 0.0543. The van der Waals surface area contributed by atoms with Crippen molar-refractivity contribution in [3.05, 3.63) is 102 Å². The van der Waals surface area contributed by atoms with Gasteiger partial charge >= 0.3 is 6.09 Å². The molecule has 0 saturated heterocycles. The summed E-state index contributed by atoms with van der Waals surface area (Å²) in [5.41, 5.74) is 5.26. The van der Waals surface area contributed by atoms with Gasteiger partial charge in [0.15, 0.2) is 5.78 Å². The second-order valence-electron chi connectivity index (χ2n) is 6.20. The zero-order chi connectivity index (χ0) is 19.8. The highest BCUT2D eigenvalue weighted by atomic mass is 16.6. The van der Waals surface area contributed by atoms with Crippen LogP contribution in [0.1, 0.15) is 27.9 Å². The van der Waals surface area contributed by atoms with Gasteiger partial charge in [-0.1, -0.05) is 78.4 Å². The van der Waals surface area contributed by atoms with Gasteiger partial charge in [-0.25, -0.2) is 10.2 Å². The van der Waals surface area contributed by atoms with Crippen LogP contribution in [0, 0.1) is 6.92 Å². The number of nitrogens with one attached hydrogen (secondary N) is 1. The Kier molecular flexibility index (Phi) is 6.31. The van der Waals surface area contributed by atoms with Gasteiger partial charge in [0, 0.05) is 5.56 Å². The van der Waals surface area contributed by atoms with Gasteiger partial charge in [-0.15, -0.1) is 0 Å². The fourth-order valence-electron chi connectivity index (χ4n) is 2.56. The van der Waals surface area contributed by atoms with E-state index in [4.69, 9.17) is 4.74 Å². The van der Waals surface area contributed by atoms with Gasteiger partial charge in [0.1, 0.15) is 5.75 Å². The molecule has 28 heavy (non-hydrogen) atoms. The van der Waals surface area contributed by atoms with Crippen LogP contribution in [0.4, 0.5) is 4.79 Å². The predicted molar refractivity (Wildman–Crippen MR) is 109 cm³/mol. The van der Waals surface area contributed by atoms with Crippen molar-refractivity contribution in [3.63, 3.8) is 0 Å². The fourth-order valence-corrected chi connectivity index (χ4v) is 2.56. The highest BCUT2D eigenvalue weighted by Gasteiger charge is 2.13. The normalized spacial score (nSPS) is 11.0. The van der Waals surface area contributed by atoms with Crippen LogP contribution in [0.2, 0.25) is 0 Å². The van der Waals surface area contributed by atoms with Crippen molar-refractivity contribution in [2.75, 3.05) is 0 Å². The lowest BCUT2D eigenvalue weighted by Gasteiger charge is -2.08. The van der Waals surface area contributed by atoms with E-state index < -0.39 is 6.09 Å². The summed E-state index contributed by atoms with van der Waals surface area (Å²) >= 11 is 0. The molecule has 5 nitrogen and oxygen atoms in total. The third-order valence-corrected chi connectivity index (χ3v) is 4.04. The van der Waals surface area contributed by atoms with Gasteiger partial charge in [-0.05, 0) is 24.6 Å². The number of rotatable bonds is 6. The first-order valence-electron chi connectivity index (χ1n) is 8.86. The van der Waals surface area contributed by atoms with Crippen molar-refractivity contribution >= 4 is 17.6 Å². The Hall–Kier alpha value is -3.73. The SMILES string of the molecule is Cc1ccc(C(=O)CC(=NNC(=O)Oc2ccccc2)c2ccccc2)cc1. The van der Waals surface area contributed by atoms with Crippen LogP contribution < -0.4 is 10.2 Å². The molecule has 3 aromatic carbocycles. The van der Waals surface area contributed by atoms with E-state index in [1.54, 1.807) is 36.4 Å². The summed E-state index contributed by atoms with van der Waals surface area (Å²) in [5, 5.41) is 4.14. The molecule has 0 bridgehead atoms. The maximum absolute atomic E-state index is 12.7. The number of hydrogen-bond acceptors (Lipinski definition) is 4. The van der Waals surface area contributed by atoms with Gasteiger partial charge < -0.3 is 4.74 Å². The molecule has 3 aromatic rings. The molecule has 0 aliphatic heterocycles. The lowest BCUT2D eigenvalue weighted by molar-refractivity contribution is 0.100. The zero-order valence-electron chi connectivity index (χ0n) is 15.5. The lowest BCUT2D eigenvalue weighted by atomic mass is 10.0. The summed E-state index contributed by atoms with van der Waals surface area (Å²) in [6, 6.07) is 25.3. The maximum atomic E-state index is 12.7. The second kappa shape index (κ2) is 9.28. The number of carbonyl (C=O) groups excluding carboxylic acids is 2. The molecular weight excluding hydrogens is 352 g/mol. The number of ether oxygens (including phenoxy) is 1. The molecule has 0 spiro atoms. The summed E-state index contributed by atoms with van der Waals surface area (Å²) in [5.74, 6) is 0.327. The van der Waals surface area contributed by atoms with Crippen LogP contribution in [-0.4, -0.2) is 17.6 Å². The highest BCUT2D eigenvalue weighted by molar-refractivity contribution is 6.15. The Morgan fingerprint density at radius 2 is 1.43 bits per heavy atom. The third-order valence-electron chi connectivity index (χ3n) is 4.04. The number of Topliss-reactive ketones (excluding diaryl/α,β-unsaturated/α-hetero) is 1. The molecule has 1 N–H and O–H groups in total. The fraction of sp³-hybridized carbons (Fsp3) is 0.0870. The van der Waals surface area contributed by atoms with E-state index in [0.29, 0.717) is 17.0 Å². The zero-order valence-corrected chi connectivity index (χ0v) is 15.5. The number of carbonyl (C=O) groups is 2. The number of aryl methyl sites for hydroxylation is 1. The molecule has 0 heterocycles. The minimum atomic E-state index is -0.720. The Balaban J connectivity index is 1.75. The molecule has 0 atom stereocenters. The number of nitrogens with zero attached hydrogens (tertiary/aromatic N) is 1. The monoisotopic (exact) mass is 372 g/mol. The van der Waals surface area contributed by atoms with Crippen LogP contribution >= 0.6 is 0 Å². The molecule has 0 aliphatic rings. The lowest BCUT2D eigenvalue weighted by Crippen LogP contribution is -2.24. The first-order chi connectivity index (χ1) is 13.6. The number of amides is 1. The van der Waals surface area contributed by atoms with E-state index in [9.17, 15) is 9.59 Å². The van der Waals surface area contributed by atoms with Crippen LogP contribution in [0.5, 0.6) is 5.75 Å². The van der Waals surface area contributed by atoms with Crippen molar-refractivity contribution in [2.45, 2.75) is 13.3 Å². The van der Waals surface area contributed by atoms with E-state index in [0.717, 1.165) is 11.1 Å². The molecule has 0 saturated carbocycles. The summed E-state index contributed by atoms with van der Waals surface area (Å²) in [6.07, 6.45) is -0.666. The third kappa shape index (κ3) is 5.38. The van der Waals surface area contributed by atoms with E-state index in [1.807, 2.05) is 55.5 Å². The maximum Gasteiger partial charge on any atom is 0.433 e. The first kappa shape index (κ1) is 19.0. The van der Waals surface area contributed by atoms with Crippen molar-refractivity contribution in [3.8, 4) is 5.75 Å². The molecule has 3 rings (SSSR count). The van der Waals surface area contributed by atoms with Gasteiger partial charge in [0.05, 0.1) is 12.1 Å². The molecule has 140 valence electrons. The first-order valence-corrected chi connectivity index (χ1v) is 8.86. The quantitative estimate of drug-likeness (QED) is 0.385. The van der Waals surface area contributed by atoms with Crippen molar-refractivity contribution in [1.82, 2.24) is 5.43 Å². The van der Waals surface area contributed by atoms with Gasteiger partial charge in [-0.2, -0.15) is 5.10 Å². The molecule has 0 fully saturated rings. The van der Waals surface area contributed by atoms with Crippen molar-refractivity contribution < 1.29 is 14.3 Å². The molecule has 0 unspecified atom stereocenters. The van der Waals surface area contributed by atoms with Crippen LogP contribution in [0.15, 0.2) is 90.0 Å². The van der Waals surface area contributed by atoms with Crippen LogP contribution in [0.25, 0.3) is 0 Å². The minimum Gasteiger partial charge on any atom is -0.409 e. The van der Waals surface area contributed by atoms with Crippen molar-refractivity contribution in [2.24, 2.45) is 5.10 Å². The van der Waals surface area contributed by atoms with E-state index in [-0.39, 0.29) is 12.2 Å². The van der Waals surface area contributed by atoms with E-state index in [2.05, 4.69) is 10.5 Å². The van der Waals surface area contributed by atoms with Crippen LogP contribution in [-0.2, 0) is 0 Å². The topological polar surface area (TPSA) is 67.8 Å². The van der Waals surface area contributed by atoms with Gasteiger partial charge in [-0.3, -0.25) is 4.79 Å². The molecule has 1 amide bonds. The number of para-hydroxylation sites is 1. The molecular formula is C23H20N2O3. The standard InChI is InChI=1S/C23H20N2O3/c1-17-12-14-19(15-13-17)22(26)16-21(18-8-4-2-5-9-18)24-25-23(27)28-20-10-6-3-7-11-20/h2-15H,16H2,1H3,(H,25,27). The van der Waals surface area contributed by atoms with Crippen LogP contribution in [0.3, 0.4) is 0 Å². The summed E-state index contributed by atoms with van der Waals surface area (Å²) in [4.78, 5) is 24.7. The Labute approximate surface area is 163 Å². The molecule has 0 radical (unpaired) electrons.